The van der Waals surface area contributed by atoms with Crippen LogP contribution >= 0.6 is 0 Å². The largest absolute Gasteiger partial charge is 2.00 e. The Hall–Kier alpha value is -6.17. The van der Waals surface area contributed by atoms with E-state index in [9.17, 15) is 0 Å². The minimum Gasteiger partial charge on any atom is -0.503 e. The summed E-state index contributed by atoms with van der Waals surface area (Å²) in [5, 5.41) is 3.80. The van der Waals surface area contributed by atoms with Gasteiger partial charge >= 0.3 is 41.5 Å². The number of rotatable bonds is 7. The molecular formula is C44H23N7O2PdPt. The van der Waals surface area contributed by atoms with Crippen LogP contribution in [0.25, 0.3) is 72.1 Å². The summed E-state index contributed by atoms with van der Waals surface area (Å²) in [4.78, 5) is 27.3. The molecule has 4 aromatic carbocycles. The van der Waals surface area contributed by atoms with Gasteiger partial charge in [-0.2, -0.15) is 22.9 Å². The van der Waals surface area contributed by atoms with Crippen LogP contribution in [0.3, 0.4) is 0 Å². The van der Waals surface area contributed by atoms with Crippen LogP contribution in [0.5, 0.6) is 23.0 Å². The first kappa shape index (κ1) is 35.8. The van der Waals surface area contributed by atoms with Gasteiger partial charge < -0.3 is 24.0 Å². The summed E-state index contributed by atoms with van der Waals surface area (Å²) in [5.74, 6) is 2.51. The van der Waals surface area contributed by atoms with Crippen molar-refractivity contribution in [3.63, 3.8) is 0 Å². The van der Waals surface area contributed by atoms with Gasteiger partial charge in [-0.3, -0.25) is 9.97 Å². The van der Waals surface area contributed by atoms with Crippen molar-refractivity contribution in [1.29, 1.82) is 0 Å². The maximum Gasteiger partial charge on any atom is 2.00 e. The van der Waals surface area contributed by atoms with Crippen LogP contribution in [0, 0.1) is 24.3 Å². The van der Waals surface area contributed by atoms with Crippen molar-refractivity contribution < 1.29 is 51.0 Å². The minimum absolute atomic E-state index is 0. The Kier molecular flexibility index (Phi) is 9.96. The van der Waals surface area contributed by atoms with Crippen LogP contribution in [-0.4, -0.2) is 34.5 Å². The van der Waals surface area contributed by atoms with Gasteiger partial charge in [0.05, 0.1) is 11.0 Å². The zero-order valence-electron chi connectivity index (χ0n) is 28.4. The summed E-state index contributed by atoms with van der Waals surface area (Å²) in [7, 11) is 0. The van der Waals surface area contributed by atoms with Crippen molar-refractivity contribution in [2.24, 2.45) is 0 Å². The van der Waals surface area contributed by atoms with E-state index >= 15 is 0 Å². The van der Waals surface area contributed by atoms with E-state index in [4.69, 9.17) is 9.47 Å². The van der Waals surface area contributed by atoms with Crippen LogP contribution in [0.4, 0.5) is 0 Å². The SMILES string of the molecule is [Pd+2].[Pt+2].[c-]1c(Oc2[c-]c3c(cc2)c2ccc(Oc4[c-]c(-c5cc6ncccc6cn5)ccc4)[c-]c2n3-c2ncccn2)cccc1-c1cc2ncccc2cn1. The Morgan fingerprint density at radius 2 is 0.927 bits per heavy atom. The molecule has 0 radical (unpaired) electrons. The summed E-state index contributed by atoms with van der Waals surface area (Å²) in [5.41, 5.74) is 6.25. The Morgan fingerprint density at radius 3 is 1.44 bits per heavy atom. The molecular weight excluding hydrogens is 960 g/mol. The van der Waals surface area contributed by atoms with Crippen LogP contribution in [0.1, 0.15) is 0 Å². The van der Waals surface area contributed by atoms with Crippen molar-refractivity contribution in [2.45, 2.75) is 0 Å². The molecule has 0 saturated carbocycles. The van der Waals surface area contributed by atoms with E-state index in [2.05, 4.69) is 54.2 Å². The maximum absolute atomic E-state index is 6.34. The number of fused-ring (bicyclic) bond motifs is 5. The fourth-order valence-electron chi connectivity index (χ4n) is 6.33. The predicted octanol–water partition coefficient (Wildman–Crippen LogP) is 9.57. The topological polar surface area (TPSA) is 101 Å². The third kappa shape index (κ3) is 7.00. The molecule has 0 unspecified atom stereocenters. The molecule has 0 aliphatic rings. The zero-order chi connectivity index (χ0) is 35.1. The number of ether oxygens (including phenoxy) is 2. The molecule has 0 aliphatic heterocycles. The molecule has 0 bridgehead atoms. The van der Waals surface area contributed by atoms with Crippen LogP contribution in [0.2, 0.25) is 0 Å². The molecule has 0 atom stereocenters. The van der Waals surface area contributed by atoms with Gasteiger partial charge in [0.2, 0.25) is 5.95 Å². The second-order valence-electron chi connectivity index (χ2n) is 12.1. The Labute approximate surface area is 343 Å². The molecule has 0 spiro atoms. The van der Waals surface area contributed by atoms with Gasteiger partial charge in [-0.25, -0.2) is 9.97 Å². The molecule has 10 aromatic rings. The Morgan fingerprint density at radius 1 is 0.455 bits per heavy atom. The molecule has 6 aromatic heterocycles. The quantitative estimate of drug-likeness (QED) is 0.115. The van der Waals surface area contributed by atoms with Crippen molar-refractivity contribution in [1.82, 2.24) is 34.5 Å². The van der Waals surface area contributed by atoms with Gasteiger partial charge in [-0.15, -0.1) is 71.8 Å². The molecule has 0 aliphatic carbocycles. The molecule has 11 heteroatoms. The van der Waals surface area contributed by atoms with Gasteiger partial charge in [0.15, 0.2) is 0 Å². The third-order valence-corrected chi connectivity index (χ3v) is 8.79. The smallest absolute Gasteiger partial charge is 0.503 e. The molecule has 55 heavy (non-hydrogen) atoms. The average Bonchev–Trinajstić information content (AvgIpc) is 3.53. The van der Waals surface area contributed by atoms with Gasteiger partial charge in [-0.1, -0.05) is 35.3 Å². The Bertz CT molecular complexity index is 2810. The van der Waals surface area contributed by atoms with E-state index < -0.39 is 0 Å². The molecule has 6 heterocycles. The van der Waals surface area contributed by atoms with E-state index in [1.165, 1.54) is 0 Å². The number of benzene rings is 4. The molecule has 0 amide bonds. The number of nitrogens with zero attached hydrogens (tertiary/aromatic N) is 7. The minimum atomic E-state index is 0. The van der Waals surface area contributed by atoms with Gasteiger partial charge in [-0.05, 0) is 41.7 Å². The van der Waals surface area contributed by atoms with Gasteiger partial charge in [0.25, 0.3) is 0 Å². The molecule has 266 valence electrons. The van der Waals surface area contributed by atoms with Crippen LogP contribution in [-0.2, 0) is 41.5 Å². The predicted molar refractivity (Wildman–Crippen MR) is 202 cm³/mol. The summed E-state index contributed by atoms with van der Waals surface area (Å²) >= 11 is 0. The fraction of sp³-hybridized carbons (Fsp3) is 0. The summed E-state index contributed by atoms with van der Waals surface area (Å²) in [6.07, 6.45) is 10.6. The third-order valence-electron chi connectivity index (χ3n) is 8.79. The average molecular weight is 983 g/mol. The molecule has 10 rings (SSSR count). The number of pyridine rings is 4. The second-order valence-corrected chi connectivity index (χ2v) is 12.1. The molecule has 9 nitrogen and oxygen atoms in total. The van der Waals surface area contributed by atoms with E-state index in [0.29, 0.717) is 28.9 Å². The second kappa shape index (κ2) is 15.3. The maximum atomic E-state index is 6.34. The fourth-order valence-corrected chi connectivity index (χ4v) is 6.33. The van der Waals surface area contributed by atoms with E-state index in [1.54, 1.807) is 30.9 Å². The van der Waals surface area contributed by atoms with Crippen molar-refractivity contribution in [3.8, 4) is 51.5 Å². The number of aromatic nitrogens is 7. The van der Waals surface area contributed by atoms with Crippen LogP contribution < -0.4 is 9.47 Å². The standard InChI is InChI=1S/C44H23N7O2.Pd.Pt/c1-6-28(38-24-40-30(26-49-38)8-3-16-45-40)20-32(10-1)52-34-12-14-36-37-15-13-35(23-43(37)51(42(36)22-34)44-47-18-5-19-48-44)53-33-11-2-7-29(21-33)39-25-41-31(27-50-39)9-4-17-46-41;;/h1-19,24-27H;;/q-4;2*+2. The van der Waals surface area contributed by atoms with E-state index in [1.807, 2.05) is 114 Å². The van der Waals surface area contributed by atoms with E-state index in [-0.39, 0.29) is 41.5 Å². The molecule has 0 N–H and O–H groups in total. The van der Waals surface area contributed by atoms with Crippen molar-refractivity contribution in [2.75, 3.05) is 0 Å². The summed E-state index contributed by atoms with van der Waals surface area (Å²) in [6.45, 7) is 0. The number of hydrogen-bond acceptors (Lipinski definition) is 8. The van der Waals surface area contributed by atoms with E-state index in [0.717, 1.165) is 66.1 Å². The van der Waals surface area contributed by atoms with Crippen molar-refractivity contribution in [3.05, 3.63) is 165 Å². The molecule has 0 saturated heterocycles. The Balaban J connectivity index is 0.00000214. The monoisotopic (exact) mass is 982 g/mol. The van der Waals surface area contributed by atoms with Crippen molar-refractivity contribution >= 4 is 43.6 Å². The zero-order valence-corrected chi connectivity index (χ0v) is 32.2. The number of hydrogen-bond donors (Lipinski definition) is 0. The van der Waals surface area contributed by atoms with Gasteiger partial charge in [0, 0.05) is 71.0 Å². The first-order valence-corrected chi connectivity index (χ1v) is 16.7. The van der Waals surface area contributed by atoms with Crippen LogP contribution in [0.15, 0.2) is 140 Å². The summed E-state index contributed by atoms with van der Waals surface area (Å²) < 4.78 is 14.6. The van der Waals surface area contributed by atoms with Gasteiger partial charge in [0.1, 0.15) is 0 Å². The first-order valence-electron chi connectivity index (χ1n) is 16.7. The molecule has 0 fully saturated rings. The first-order chi connectivity index (χ1) is 26.2. The summed E-state index contributed by atoms with van der Waals surface area (Å²) in [6, 6.07) is 46.3. The normalized spacial score (nSPS) is 11.0.